The van der Waals surface area contributed by atoms with Crippen LogP contribution in [0.5, 0.6) is 0 Å². The number of benzene rings is 1. The van der Waals surface area contributed by atoms with Gasteiger partial charge in [-0.3, -0.25) is 0 Å². The third-order valence-electron chi connectivity index (χ3n) is 2.99. The van der Waals surface area contributed by atoms with Crippen LogP contribution in [-0.4, -0.2) is 4.57 Å². The average Bonchev–Trinajstić information content (AvgIpc) is 3.17. The van der Waals surface area contributed by atoms with Crippen LogP contribution in [0.4, 0.5) is 5.69 Å². The van der Waals surface area contributed by atoms with E-state index in [2.05, 4.69) is 28.1 Å². The van der Waals surface area contributed by atoms with E-state index in [4.69, 9.17) is 5.26 Å². The Morgan fingerprint density at radius 1 is 1.10 bits per heavy atom. The number of nitrogens with zero attached hydrogens (tertiary/aromatic N) is 2. The second-order valence-corrected chi connectivity index (χ2v) is 5.54. The van der Waals surface area contributed by atoms with E-state index in [0.717, 1.165) is 27.7 Å². The molecule has 0 saturated carbocycles. The maximum atomic E-state index is 8.82. The predicted molar refractivity (Wildman–Crippen MR) is 82.1 cm³/mol. The maximum absolute atomic E-state index is 8.82. The van der Waals surface area contributed by atoms with Crippen LogP contribution in [0.25, 0.3) is 5.69 Å². The summed E-state index contributed by atoms with van der Waals surface area (Å²) < 4.78 is 2.07. The Bertz CT molecular complexity index is 735. The van der Waals surface area contributed by atoms with Crippen molar-refractivity contribution >= 4 is 17.0 Å². The summed E-state index contributed by atoms with van der Waals surface area (Å²) in [5.74, 6) is 0. The lowest BCUT2D eigenvalue weighted by Crippen LogP contribution is -1.98. The Balaban J connectivity index is 1.72. The summed E-state index contributed by atoms with van der Waals surface area (Å²) in [6.07, 6.45) is 4.05. The first-order valence-corrected chi connectivity index (χ1v) is 7.13. The molecule has 98 valence electrons. The van der Waals surface area contributed by atoms with Gasteiger partial charge in [-0.25, -0.2) is 0 Å². The molecule has 0 radical (unpaired) electrons. The van der Waals surface area contributed by atoms with Crippen LogP contribution in [0.1, 0.15) is 9.75 Å². The molecule has 1 N–H and O–H groups in total. The van der Waals surface area contributed by atoms with Gasteiger partial charge >= 0.3 is 0 Å². The number of hydrogen-bond donors (Lipinski definition) is 1. The van der Waals surface area contributed by atoms with E-state index in [0.29, 0.717) is 0 Å². The molecular weight excluding hydrogens is 266 g/mol. The van der Waals surface area contributed by atoms with E-state index in [9.17, 15) is 0 Å². The Labute approximate surface area is 121 Å². The molecule has 0 atom stereocenters. The van der Waals surface area contributed by atoms with E-state index in [-0.39, 0.29) is 0 Å². The van der Waals surface area contributed by atoms with Gasteiger partial charge in [0.1, 0.15) is 10.9 Å². The molecule has 2 heterocycles. The highest BCUT2D eigenvalue weighted by molar-refractivity contribution is 7.12. The standard InChI is InChI=1S/C16H13N3S/c17-11-15-6-7-16(20-15)12-18-13-4-3-5-14(10-13)19-8-1-2-9-19/h1-10,18H,12H2. The van der Waals surface area contributed by atoms with E-state index in [1.165, 1.54) is 11.3 Å². The number of hydrogen-bond acceptors (Lipinski definition) is 3. The van der Waals surface area contributed by atoms with Crippen molar-refractivity contribution in [1.82, 2.24) is 4.57 Å². The molecule has 0 aliphatic heterocycles. The van der Waals surface area contributed by atoms with Crippen molar-refractivity contribution in [1.29, 1.82) is 5.26 Å². The molecule has 3 aromatic rings. The Kier molecular flexibility index (Phi) is 3.53. The number of thiophene rings is 1. The Hall–Kier alpha value is -2.51. The largest absolute Gasteiger partial charge is 0.380 e. The highest BCUT2D eigenvalue weighted by Gasteiger charge is 2.00. The first-order valence-electron chi connectivity index (χ1n) is 6.31. The Morgan fingerprint density at radius 2 is 1.95 bits per heavy atom. The van der Waals surface area contributed by atoms with Gasteiger partial charge in [0.2, 0.25) is 0 Å². The average molecular weight is 279 g/mol. The van der Waals surface area contributed by atoms with Gasteiger partial charge in [-0.05, 0) is 42.5 Å². The number of aromatic nitrogens is 1. The van der Waals surface area contributed by atoms with Crippen molar-refractivity contribution < 1.29 is 0 Å². The lowest BCUT2D eigenvalue weighted by molar-refractivity contribution is 1.08. The van der Waals surface area contributed by atoms with Crippen LogP contribution in [0.3, 0.4) is 0 Å². The van der Waals surface area contributed by atoms with Crippen molar-refractivity contribution in [3.8, 4) is 11.8 Å². The molecule has 0 spiro atoms. The lowest BCUT2D eigenvalue weighted by atomic mass is 10.2. The molecule has 0 aliphatic rings. The third kappa shape index (κ3) is 2.73. The normalized spacial score (nSPS) is 10.2. The van der Waals surface area contributed by atoms with Crippen LogP contribution in [-0.2, 0) is 6.54 Å². The van der Waals surface area contributed by atoms with Crippen molar-refractivity contribution in [2.75, 3.05) is 5.32 Å². The molecule has 0 unspecified atom stereocenters. The SMILES string of the molecule is N#Cc1ccc(CNc2cccc(-n3cccc3)c2)s1. The zero-order valence-corrected chi connectivity index (χ0v) is 11.6. The summed E-state index contributed by atoms with van der Waals surface area (Å²) in [4.78, 5) is 1.91. The van der Waals surface area contributed by atoms with Gasteiger partial charge < -0.3 is 9.88 Å². The highest BCUT2D eigenvalue weighted by Crippen LogP contribution is 2.19. The van der Waals surface area contributed by atoms with Crippen molar-refractivity contribution in [2.24, 2.45) is 0 Å². The summed E-state index contributed by atoms with van der Waals surface area (Å²) in [6.45, 7) is 0.738. The molecule has 20 heavy (non-hydrogen) atoms. The van der Waals surface area contributed by atoms with Crippen molar-refractivity contribution in [3.63, 3.8) is 0 Å². The minimum atomic E-state index is 0.738. The van der Waals surface area contributed by atoms with Crippen LogP contribution in [0, 0.1) is 11.3 Å². The van der Waals surface area contributed by atoms with Crippen molar-refractivity contribution in [3.05, 3.63) is 70.7 Å². The minimum Gasteiger partial charge on any atom is -0.380 e. The molecule has 3 nitrogen and oxygen atoms in total. The van der Waals surface area contributed by atoms with Gasteiger partial charge in [-0.15, -0.1) is 11.3 Å². The van der Waals surface area contributed by atoms with E-state index in [1.54, 1.807) is 0 Å². The molecule has 0 bridgehead atoms. The van der Waals surface area contributed by atoms with Gasteiger partial charge in [0.25, 0.3) is 0 Å². The summed E-state index contributed by atoms with van der Waals surface area (Å²) >= 11 is 1.53. The topological polar surface area (TPSA) is 40.8 Å². The lowest BCUT2D eigenvalue weighted by Gasteiger charge is -2.08. The first kappa shape index (κ1) is 12.5. The van der Waals surface area contributed by atoms with Crippen LogP contribution in [0.2, 0.25) is 0 Å². The molecule has 0 fully saturated rings. The fourth-order valence-corrected chi connectivity index (χ4v) is 2.75. The van der Waals surface area contributed by atoms with Crippen LogP contribution < -0.4 is 5.32 Å². The number of anilines is 1. The minimum absolute atomic E-state index is 0.738. The van der Waals surface area contributed by atoms with E-state index in [1.807, 2.05) is 48.8 Å². The van der Waals surface area contributed by atoms with Gasteiger partial charge in [0.05, 0.1) is 0 Å². The fourth-order valence-electron chi connectivity index (χ4n) is 2.01. The van der Waals surface area contributed by atoms with Crippen LogP contribution in [0.15, 0.2) is 60.9 Å². The van der Waals surface area contributed by atoms with Gasteiger partial charge in [0.15, 0.2) is 0 Å². The zero-order valence-electron chi connectivity index (χ0n) is 10.8. The molecule has 1 aromatic carbocycles. The molecule has 0 saturated heterocycles. The molecule has 0 amide bonds. The summed E-state index contributed by atoms with van der Waals surface area (Å²) in [5, 5.41) is 12.2. The quantitative estimate of drug-likeness (QED) is 0.783. The monoisotopic (exact) mass is 279 g/mol. The van der Waals surface area contributed by atoms with Gasteiger partial charge in [-0.1, -0.05) is 6.07 Å². The molecule has 2 aromatic heterocycles. The predicted octanol–water partition coefficient (Wildman–Crippen LogP) is 4.02. The van der Waals surface area contributed by atoms with E-state index >= 15 is 0 Å². The second-order valence-electron chi connectivity index (χ2n) is 4.37. The van der Waals surface area contributed by atoms with E-state index < -0.39 is 0 Å². The maximum Gasteiger partial charge on any atom is 0.110 e. The molecule has 4 heteroatoms. The molecule has 3 rings (SSSR count). The van der Waals surface area contributed by atoms with Crippen molar-refractivity contribution in [2.45, 2.75) is 6.54 Å². The zero-order chi connectivity index (χ0) is 13.8. The molecule has 0 aliphatic carbocycles. The van der Waals surface area contributed by atoms with Gasteiger partial charge in [-0.2, -0.15) is 5.26 Å². The Morgan fingerprint density at radius 3 is 2.70 bits per heavy atom. The number of nitrogens with one attached hydrogen (secondary N) is 1. The summed E-state index contributed by atoms with van der Waals surface area (Å²) in [7, 11) is 0. The smallest absolute Gasteiger partial charge is 0.110 e. The van der Waals surface area contributed by atoms with Crippen LogP contribution >= 0.6 is 11.3 Å². The molecular formula is C16H13N3S. The summed E-state index contributed by atoms with van der Waals surface area (Å²) in [6, 6.07) is 18.3. The third-order valence-corrected chi connectivity index (χ3v) is 3.98. The first-order chi connectivity index (χ1) is 9.85. The van der Waals surface area contributed by atoms with Gasteiger partial charge in [0, 0.05) is 35.2 Å². The summed E-state index contributed by atoms with van der Waals surface area (Å²) in [5.41, 5.74) is 2.20. The number of rotatable bonds is 4. The fraction of sp³-hybridized carbons (Fsp3) is 0.0625. The number of nitriles is 1. The second kappa shape index (κ2) is 5.64. The highest BCUT2D eigenvalue weighted by atomic mass is 32.1.